The standard InChI is InChI=1S/C21H21ClN2O3S/c1-13-12-28-21(23-13)24(18-8-6-17(22)7-9-18)20(26)15(3)27-19-10-4-16(5-11-19)14(2)25/h4-11,13,15H,12H2,1-3H3/t13-,15+/m1/s1. The maximum Gasteiger partial charge on any atom is 0.273 e. The Kier molecular flexibility index (Phi) is 6.42. The van der Waals surface area contributed by atoms with Crippen molar-refractivity contribution in [2.24, 2.45) is 4.99 Å². The molecule has 0 radical (unpaired) electrons. The van der Waals surface area contributed by atoms with E-state index in [1.807, 2.05) is 6.92 Å². The summed E-state index contributed by atoms with van der Waals surface area (Å²) in [7, 11) is 0. The van der Waals surface area contributed by atoms with Crippen molar-refractivity contribution in [3.8, 4) is 5.75 Å². The number of rotatable bonds is 5. The molecular formula is C21H21ClN2O3S. The van der Waals surface area contributed by atoms with E-state index in [1.165, 1.54) is 6.92 Å². The fourth-order valence-corrected chi connectivity index (χ4v) is 3.88. The lowest BCUT2D eigenvalue weighted by Crippen LogP contribution is -2.43. The fraction of sp³-hybridized carbons (Fsp3) is 0.286. The molecule has 0 aliphatic carbocycles. The van der Waals surface area contributed by atoms with Crippen LogP contribution in [0.15, 0.2) is 53.5 Å². The first-order chi connectivity index (χ1) is 13.3. The molecule has 0 saturated heterocycles. The minimum atomic E-state index is -0.738. The third kappa shape index (κ3) is 4.75. The van der Waals surface area contributed by atoms with Crippen molar-refractivity contribution in [3.05, 3.63) is 59.1 Å². The van der Waals surface area contributed by atoms with Crippen LogP contribution >= 0.6 is 23.4 Å². The molecule has 146 valence electrons. The topological polar surface area (TPSA) is 59.0 Å². The van der Waals surface area contributed by atoms with E-state index >= 15 is 0 Å². The highest BCUT2D eigenvalue weighted by Gasteiger charge is 2.30. The van der Waals surface area contributed by atoms with Crippen LogP contribution in [0.25, 0.3) is 0 Å². The van der Waals surface area contributed by atoms with Crippen molar-refractivity contribution in [1.82, 2.24) is 0 Å². The number of hydrogen-bond donors (Lipinski definition) is 0. The number of carbonyl (C=O) groups is 2. The molecule has 5 nitrogen and oxygen atoms in total. The molecule has 1 heterocycles. The van der Waals surface area contributed by atoms with Gasteiger partial charge in [-0.1, -0.05) is 23.4 Å². The lowest BCUT2D eigenvalue weighted by molar-refractivity contribution is -0.123. The Morgan fingerprint density at radius 2 is 1.82 bits per heavy atom. The van der Waals surface area contributed by atoms with Crippen molar-refractivity contribution >= 4 is 45.9 Å². The number of amides is 1. The van der Waals surface area contributed by atoms with Crippen LogP contribution in [-0.4, -0.2) is 34.8 Å². The molecule has 1 amide bonds. The number of Topliss-reactive ketones (excluding diaryl/α,β-unsaturated/α-hetero) is 1. The quantitative estimate of drug-likeness (QED) is 0.654. The average molecular weight is 417 g/mol. The third-order valence-electron chi connectivity index (χ3n) is 4.20. The monoisotopic (exact) mass is 416 g/mol. The summed E-state index contributed by atoms with van der Waals surface area (Å²) in [4.78, 5) is 30.8. The zero-order valence-electron chi connectivity index (χ0n) is 15.9. The van der Waals surface area contributed by atoms with Crippen molar-refractivity contribution < 1.29 is 14.3 Å². The lowest BCUT2D eigenvalue weighted by Gasteiger charge is -2.25. The summed E-state index contributed by atoms with van der Waals surface area (Å²) in [6.45, 7) is 5.22. The number of amidine groups is 1. The minimum Gasteiger partial charge on any atom is -0.481 e. The van der Waals surface area contributed by atoms with Gasteiger partial charge in [-0.3, -0.25) is 19.5 Å². The van der Waals surface area contributed by atoms with E-state index in [1.54, 1.807) is 72.1 Å². The molecule has 0 bridgehead atoms. The van der Waals surface area contributed by atoms with E-state index in [4.69, 9.17) is 16.3 Å². The normalized spacial score (nSPS) is 17.0. The van der Waals surface area contributed by atoms with Crippen LogP contribution in [0.1, 0.15) is 31.1 Å². The van der Waals surface area contributed by atoms with E-state index in [9.17, 15) is 9.59 Å². The maximum atomic E-state index is 13.2. The van der Waals surface area contributed by atoms with E-state index < -0.39 is 6.10 Å². The number of halogens is 1. The molecule has 0 saturated carbocycles. The van der Waals surface area contributed by atoms with Gasteiger partial charge in [0, 0.05) is 16.3 Å². The van der Waals surface area contributed by atoms with Gasteiger partial charge in [-0.2, -0.15) is 0 Å². The van der Waals surface area contributed by atoms with Gasteiger partial charge < -0.3 is 4.74 Å². The lowest BCUT2D eigenvalue weighted by atomic mass is 10.1. The molecule has 0 unspecified atom stereocenters. The van der Waals surface area contributed by atoms with Crippen molar-refractivity contribution in [2.75, 3.05) is 10.7 Å². The van der Waals surface area contributed by atoms with Gasteiger partial charge in [0.1, 0.15) is 5.75 Å². The number of ketones is 1. The Labute approximate surface area is 173 Å². The van der Waals surface area contributed by atoms with Gasteiger partial charge in [0.25, 0.3) is 5.91 Å². The highest BCUT2D eigenvalue weighted by Crippen LogP contribution is 2.28. The summed E-state index contributed by atoms with van der Waals surface area (Å²) in [5, 5.41) is 1.25. The van der Waals surface area contributed by atoms with Crippen molar-refractivity contribution in [1.29, 1.82) is 0 Å². The van der Waals surface area contributed by atoms with Crippen LogP contribution < -0.4 is 9.64 Å². The number of carbonyl (C=O) groups excluding carboxylic acids is 2. The van der Waals surface area contributed by atoms with Crippen LogP contribution in [0, 0.1) is 0 Å². The molecule has 0 N–H and O–H groups in total. The van der Waals surface area contributed by atoms with Gasteiger partial charge in [0.2, 0.25) is 0 Å². The summed E-state index contributed by atoms with van der Waals surface area (Å²) < 4.78 is 5.83. The number of nitrogens with zero attached hydrogens (tertiary/aromatic N) is 2. The molecule has 0 fully saturated rings. The first kappa shape index (κ1) is 20.4. The molecule has 7 heteroatoms. The number of thioether (sulfide) groups is 1. The van der Waals surface area contributed by atoms with Gasteiger partial charge in [-0.15, -0.1) is 0 Å². The largest absolute Gasteiger partial charge is 0.481 e. The zero-order valence-corrected chi connectivity index (χ0v) is 17.5. The zero-order chi connectivity index (χ0) is 20.3. The Balaban J connectivity index is 1.82. The average Bonchev–Trinajstić information content (AvgIpc) is 3.09. The van der Waals surface area contributed by atoms with Crippen LogP contribution in [0.2, 0.25) is 5.02 Å². The summed E-state index contributed by atoms with van der Waals surface area (Å²) in [6.07, 6.45) is -0.738. The first-order valence-electron chi connectivity index (χ1n) is 8.93. The number of ether oxygens (including phenoxy) is 1. The van der Waals surface area contributed by atoms with E-state index in [-0.39, 0.29) is 17.7 Å². The molecule has 0 aromatic heterocycles. The second-order valence-electron chi connectivity index (χ2n) is 6.56. The van der Waals surface area contributed by atoms with Crippen LogP contribution in [0.4, 0.5) is 5.69 Å². The molecule has 2 atom stereocenters. The molecular weight excluding hydrogens is 396 g/mol. The molecule has 2 aromatic rings. The van der Waals surface area contributed by atoms with Gasteiger partial charge in [0.05, 0.1) is 11.7 Å². The summed E-state index contributed by atoms with van der Waals surface area (Å²) in [5.41, 5.74) is 1.29. The molecule has 3 rings (SSSR count). The Bertz CT molecular complexity index is 897. The van der Waals surface area contributed by atoms with Crippen molar-refractivity contribution in [3.63, 3.8) is 0 Å². The van der Waals surface area contributed by atoms with Crippen LogP contribution in [0.5, 0.6) is 5.75 Å². The Morgan fingerprint density at radius 3 is 2.36 bits per heavy atom. The third-order valence-corrected chi connectivity index (χ3v) is 5.65. The predicted octanol–water partition coefficient (Wildman–Crippen LogP) is 4.83. The first-order valence-corrected chi connectivity index (χ1v) is 10.3. The second kappa shape index (κ2) is 8.80. The predicted molar refractivity (Wildman–Crippen MR) is 115 cm³/mol. The minimum absolute atomic E-state index is 0.0185. The molecule has 1 aliphatic heterocycles. The number of benzene rings is 2. The molecule has 0 spiro atoms. The summed E-state index contributed by atoms with van der Waals surface area (Å²) >= 11 is 7.54. The maximum absolute atomic E-state index is 13.2. The summed E-state index contributed by atoms with van der Waals surface area (Å²) in [5.74, 6) is 1.11. The SMILES string of the molecule is CC(=O)c1ccc(O[C@@H](C)C(=O)N(C2=N[C@H](C)CS2)c2ccc(Cl)cc2)cc1. The Hall–Kier alpha value is -2.31. The summed E-state index contributed by atoms with van der Waals surface area (Å²) in [6, 6.07) is 14.0. The highest BCUT2D eigenvalue weighted by atomic mass is 35.5. The van der Waals surface area contributed by atoms with Gasteiger partial charge in [0.15, 0.2) is 17.1 Å². The van der Waals surface area contributed by atoms with Gasteiger partial charge in [-0.05, 0) is 69.3 Å². The highest BCUT2D eigenvalue weighted by molar-refractivity contribution is 8.14. The van der Waals surface area contributed by atoms with E-state index in [0.29, 0.717) is 27.2 Å². The van der Waals surface area contributed by atoms with Crippen LogP contribution in [0.3, 0.4) is 0 Å². The number of hydrogen-bond acceptors (Lipinski definition) is 5. The van der Waals surface area contributed by atoms with Crippen LogP contribution in [-0.2, 0) is 4.79 Å². The fourth-order valence-electron chi connectivity index (χ4n) is 2.71. The van der Waals surface area contributed by atoms with Gasteiger partial charge in [-0.25, -0.2) is 0 Å². The number of aliphatic imine (C=N–C) groups is 1. The van der Waals surface area contributed by atoms with Gasteiger partial charge >= 0.3 is 0 Å². The van der Waals surface area contributed by atoms with E-state index in [2.05, 4.69) is 4.99 Å². The Morgan fingerprint density at radius 1 is 1.18 bits per heavy atom. The molecule has 28 heavy (non-hydrogen) atoms. The number of anilines is 1. The second-order valence-corrected chi connectivity index (χ2v) is 7.99. The van der Waals surface area contributed by atoms with E-state index in [0.717, 1.165) is 5.75 Å². The molecule has 1 aliphatic rings. The van der Waals surface area contributed by atoms with Crippen molar-refractivity contribution in [2.45, 2.75) is 32.9 Å². The molecule has 2 aromatic carbocycles. The smallest absolute Gasteiger partial charge is 0.273 e.